The molecule has 0 spiro atoms. The summed E-state index contributed by atoms with van der Waals surface area (Å²) >= 11 is 0. The van der Waals surface area contributed by atoms with Gasteiger partial charge in [-0.1, -0.05) is 30.3 Å². The molecule has 0 N–H and O–H groups in total. The number of hydrogen-bond donors (Lipinski definition) is 0. The molecule has 2 aromatic carbocycles. The zero-order valence-corrected chi connectivity index (χ0v) is 17.8. The highest BCUT2D eigenvalue weighted by Crippen LogP contribution is 2.35. The summed E-state index contributed by atoms with van der Waals surface area (Å²) in [5.74, 6) is -0.559. The van der Waals surface area contributed by atoms with Gasteiger partial charge in [-0.05, 0) is 37.6 Å². The van der Waals surface area contributed by atoms with Gasteiger partial charge in [-0.3, -0.25) is 14.5 Å². The summed E-state index contributed by atoms with van der Waals surface area (Å²) in [6.07, 6.45) is -0.172. The molecule has 1 saturated heterocycles. The highest BCUT2D eigenvalue weighted by atomic mass is 19.1. The highest BCUT2D eigenvalue weighted by molar-refractivity contribution is 6.35. The standard InChI is InChI=1S/C24H25FN2O4/c1-15-12-26(13-16(2)31-15)22-21(17-8-10-19(25)11-9-17)23(28)27(24(22)29)14-18-6-4-5-7-20(18)30-3/h4-11,15-16H,12-14H2,1-3H3. The number of amides is 2. The van der Waals surface area contributed by atoms with Crippen LogP contribution in [0.25, 0.3) is 5.57 Å². The number of morpholine rings is 1. The maximum Gasteiger partial charge on any atom is 0.278 e. The molecule has 0 aliphatic carbocycles. The predicted octanol–water partition coefficient (Wildman–Crippen LogP) is 3.22. The van der Waals surface area contributed by atoms with Gasteiger partial charge >= 0.3 is 0 Å². The second-order valence-corrected chi connectivity index (χ2v) is 7.90. The Hall–Kier alpha value is -3.19. The van der Waals surface area contributed by atoms with E-state index < -0.39 is 11.7 Å². The van der Waals surface area contributed by atoms with Crippen LogP contribution in [0.15, 0.2) is 54.2 Å². The summed E-state index contributed by atoms with van der Waals surface area (Å²) in [6, 6.07) is 13.0. The lowest BCUT2D eigenvalue weighted by Gasteiger charge is -2.37. The predicted molar refractivity (Wildman–Crippen MR) is 113 cm³/mol. The normalized spacial score (nSPS) is 21.8. The van der Waals surface area contributed by atoms with E-state index in [2.05, 4.69) is 0 Å². The van der Waals surface area contributed by atoms with E-state index in [-0.39, 0.29) is 24.7 Å². The average Bonchev–Trinajstić information content (AvgIpc) is 2.99. The lowest BCUT2D eigenvalue weighted by atomic mass is 10.0. The molecule has 0 saturated carbocycles. The van der Waals surface area contributed by atoms with Crippen molar-refractivity contribution in [3.05, 3.63) is 71.2 Å². The number of halogens is 1. The minimum Gasteiger partial charge on any atom is -0.496 e. The summed E-state index contributed by atoms with van der Waals surface area (Å²) in [5.41, 5.74) is 1.88. The molecule has 2 amide bonds. The Labute approximate surface area is 180 Å². The van der Waals surface area contributed by atoms with Gasteiger partial charge in [0.1, 0.15) is 17.3 Å². The van der Waals surface area contributed by atoms with Gasteiger partial charge < -0.3 is 14.4 Å². The average molecular weight is 424 g/mol. The van der Waals surface area contributed by atoms with Crippen molar-refractivity contribution in [1.82, 2.24) is 9.80 Å². The Bertz CT molecular complexity index is 1020. The van der Waals surface area contributed by atoms with Crippen LogP contribution < -0.4 is 4.74 Å². The summed E-state index contributed by atoms with van der Waals surface area (Å²) in [5, 5.41) is 0. The first-order valence-corrected chi connectivity index (χ1v) is 10.3. The molecule has 0 aromatic heterocycles. The second kappa shape index (κ2) is 8.51. The van der Waals surface area contributed by atoms with Crippen molar-refractivity contribution in [2.45, 2.75) is 32.6 Å². The topological polar surface area (TPSA) is 59.1 Å². The Kier molecular flexibility index (Phi) is 5.78. The maximum atomic E-state index is 13.5. The zero-order valence-electron chi connectivity index (χ0n) is 17.8. The van der Waals surface area contributed by atoms with Crippen molar-refractivity contribution in [1.29, 1.82) is 0 Å². The maximum absolute atomic E-state index is 13.5. The fourth-order valence-corrected chi connectivity index (χ4v) is 4.24. The van der Waals surface area contributed by atoms with Crippen LogP contribution in [0.3, 0.4) is 0 Å². The van der Waals surface area contributed by atoms with Crippen molar-refractivity contribution < 1.29 is 23.5 Å². The van der Waals surface area contributed by atoms with Gasteiger partial charge in [0.2, 0.25) is 0 Å². The molecule has 6 nitrogen and oxygen atoms in total. The second-order valence-electron chi connectivity index (χ2n) is 7.90. The molecule has 162 valence electrons. The van der Waals surface area contributed by atoms with Crippen LogP contribution in [-0.2, 0) is 20.9 Å². The molecule has 4 rings (SSSR count). The molecule has 0 bridgehead atoms. The number of ether oxygens (including phenoxy) is 2. The number of imide groups is 1. The summed E-state index contributed by atoms with van der Waals surface area (Å²) < 4.78 is 24.7. The van der Waals surface area contributed by atoms with Crippen molar-refractivity contribution in [3.8, 4) is 5.75 Å². The van der Waals surface area contributed by atoms with Crippen molar-refractivity contribution in [2.75, 3.05) is 20.2 Å². The van der Waals surface area contributed by atoms with E-state index in [0.29, 0.717) is 35.7 Å². The SMILES string of the molecule is COc1ccccc1CN1C(=O)C(c2ccc(F)cc2)=C(N2CC(C)OC(C)C2)C1=O. The van der Waals surface area contributed by atoms with Crippen molar-refractivity contribution >= 4 is 17.4 Å². The van der Waals surface area contributed by atoms with E-state index in [1.807, 2.05) is 36.9 Å². The molecule has 2 unspecified atom stereocenters. The summed E-state index contributed by atoms with van der Waals surface area (Å²) in [4.78, 5) is 30.2. The first-order chi connectivity index (χ1) is 14.9. The molecule has 7 heteroatoms. The molecule has 31 heavy (non-hydrogen) atoms. The number of para-hydroxylation sites is 1. The molecular formula is C24H25FN2O4. The fraction of sp³-hybridized carbons (Fsp3) is 0.333. The number of hydrogen-bond acceptors (Lipinski definition) is 5. The van der Waals surface area contributed by atoms with E-state index in [1.165, 1.54) is 29.2 Å². The molecule has 2 aliphatic heterocycles. The highest BCUT2D eigenvalue weighted by Gasteiger charge is 2.43. The first-order valence-electron chi connectivity index (χ1n) is 10.3. The molecule has 2 aliphatic rings. The fourth-order valence-electron chi connectivity index (χ4n) is 4.24. The van der Waals surface area contributed by atoms with E-state index in [4.69, 9.17) is 9.47 Å². The van der Waals surface area contributed by atoms with Gasteiger partial charge in [0.05, 0.1) is 31.4 Å². The van der Waals surface area contributed by atoms with E-state index in [9.17, 15) is 14.0 Å². The minimum atomic E-state index is -0.401. The Morgan fingerprint density at radius 2 is 1.65 bits per heavy atom. The van der Waals surface area contributed by atoms with Gasteiger partial charge in [-0.15, -0.1) is 0 Å². The Balaban J connectivity index is 1.76. The smallest absolute Gasteiger partial charge is 0.278 e. The summed E-state index contributed by atoms with van der Waals surface area (Å²) in [7, 11) is 1.55. The van der Waals surface area contributed by atoms with Gasteiger partial charge in [-0.2, -0.15) is 0 Å². The summed E-state index contributed by atoms with van der Waals surface area (Å²) in [6.45, 7) is 4.95. The third-order valence-corrected chi connectivity index (χ3v) is 5.53. The van der Waals surface area contributed by atoms with E-state index >= 15 is 0 Å². The number of carbonyl (C=O) groups excluding carboxylic acids is 2. The van der Waals surface area contributed by atoms with Gasteiger partial charge in [0, 0.05) is 18.7 Å². The molecular weight excluding hydrogens is 399 g/mol. The molecule has 2 aromatic rings. The van der Waals surface area contributed by atoms with Crippen LogP contribution in [0.5, 0.6) is 5.75 Å². The monoisotopic (exact) mass is 424 g/mol. The van der Waals surface area contributed by atoms with Gasteiger partial charge in [0.15, 0.2) is 0 Å². The van der Waals surface area contributed by atoms with Crippen molar-refractivity contribution in [2.24, 2.45) is 0 Å². The van der Waals surface area contributed by atoms with Crippen LogP contribution in [0.4, 0.5) is 4.39 Å². The quantitative estimate of drug-likeness (QED) is 0.690. The minimum absolute atomic E-state index is 0.0862. The van der Waals surface area contributed by atoms with E-state index in [1.54, 1.807) is 13.2 Å². The van der Waals surface area contributed by atoms with Crippen LogP contribution in [0.1, 0.15) is 25.0 Å². The van der Waals surface area contributed by atoms with Crippen LogP contribution in [0.2, 0.25) is 0 Å². The van der Waals surface area contributed by atoms with Crippen molar-refractivity contribution in [3.63, 3.8) is 0 Å². The lowest BCUT2D eigenvalue weighted by molar-refractivity contribution is -0.139. The first kappa shape index (κ1) is 21.1. The lowest BCUT2D eigenvalue weighted by Crippen LogP contribution is -2.46. The largest absolute Gasteiger partial charge is 0.496 e. The molecule has 0 radical (unpaired) electrons. The van der Waals surface area contributed by atoms with Crippen LogP contribution in [0, 0.1) is 5.82 Å². The third kappa shape index (κ3) is 4.05. The third-order valence-electron chi connectivity index (χ3n) is 5.53. The molecule has 2 heterocycles. The number of methoxy groups -OCH3 is 1. The van der Waals surface area contributed by atoms with Crippen LogP contribution in [-0.4, -0.2) is 54.0 Å². The number of benzene rings is 2. The molecule has 1 fully saturated rings. The number of rotatable bonds is 5. The van der Waals surface area contributed by atoms with E-state index in [0.717, 1.165) is 5.56 Å². The Morgan fingerprint density at radius 3 is 2.29 bits per heavy atom. The Morgan fingerprint density at radius 1 is 1.00 bits per heavy atom. The van der Waals surface area contributed by atoms with Gasteiger partial charge in [0.25, 0.3) is 11.8 Å². The molecule has 2 atom stereocenters. The van der Waals surface area contributed by atoms with Crippen LogP contribution >= 0.6 is 0 Å². The van der Waals surface area contributed by atoms with Gasteiger partial charge in [-0.25, -0.2) is 4.39 Å². The number of nitrogens with zero attached hydrogens (tertiary/aromatic N) is 2. The number of carbonyl (C=O) groups is 2. The zero-order chi connectivity index (χ0) is 22.1.